The molecule has 1 aromatic heterocycles. The second-order valence-corrected chi connectivity index (χ2v) is 7.17. The number of benzene rings is 1. The number of amides is 1. The number of aromatic nitrogens is 1. The summed E-state index contributed by atoms with van der Waals surface area (Å²) in [4.78, 5) is 26.7. The molecule has 1 fully saturated rings. The molecule has 26 heavy (non-hydrogen) atoms. The Morgan fingerprint density at radius 2 is 1.96 bits per heavy atom. The lowest BCUT2D eigenvalue weighted by atomic mass is 9.83. The van der Waals surface area contributed by atoms with Crippen molar-refractivity contribution in [3.8, 4) is 5.75 Å². The Morgan fingerprint density at radius 3 is 2.73 bits per heavy atom. The molecule has 0 radical (unpaired) electrons. The monoisotopic (exact) mass is 353 g/mol. The van der Waals surface area contributed by atoms with Gasteiger partial charge in [0.25, 0.3) is 5.56 Å². The van der Waals surface area contributed by atoms with Gasteiger partial charge in [-0.15, -0.1) is 0 Å². The van der Waals surface area contributed by atoms with Crippen LogP contribution in [-0.2, 0) is 11.3 Å². The number of methoxy groups -OCH3 is 1. The molecule has 0 aliphatic carbocycles. The number of nitrogens with zero attached hydrogens (tertiary/aromatic N) is 2. The predicted octanol–water partition coefficient (Wildman–Crippen LogP) is 1.91. The first-order chi connectivity index (χ1) is 12.6. The third kappa shape index (κ3) is 3.37. The highest BCUT2D eigenvalue weighted by atomic mass is 16.5. The van der Waals surface area contributed by atoms with E-state index in [0.717, 1.165) is 43.2 Å². The van der Waals surface area contributed by atoms with Crippen LogP contribution in [-0.4, -0.2) is 42.1 Å². The molecule has 2 aromatic rings. The van der Waals surface area contributed by atoms with Crippen LogP contribution < -0.4 is 15.6 Å². The number of carbonyl (C=O) groups is 1. The fourth-order valence-corrected chi connectivity index (χ4v) is 4.20. The van der Waals surface area contributed by atoms with Crippen molar-refractivity contribution in [3.63, 3.8) is 0 Å². The summed E-state index contributed by atoms with van der Waals surface area (Å²) in [5.74, 6) is 1.50. The number of anilines is 1. The third-order valence-electron chi connectivity index (χ3n) is 5.30. The van der Waals surface area contributed by atoms with E-state index in [1.165, 1.54) is 0 Å². The average Bonchev–Trinajstić information content (AvgIpc) is 2.63. The van der Waals surface area contributed by atoms with Crippen molar-refractivity contribution >= 4 is 11.6 Å². The van der Waals surface area contributed by atoms with Crippen LogP contribution in [0, 0.1) is 5.92 Å². The Bertz CT molecular complexity index is 859. The van der Waals surface area contributed by atoms with Gasteiger partial charge in [0.1, 0.15) is 5.75 Å². The summed E-state index contributed by atoms with van der Waals surface area (Å²) >= 11 is 0. The van der Waals surface area contributed by atoms with Gasteiger partial charge in [0.2, 0.25) is 5.91 Å². The molecule has 6 nitrogen and oxygen atoms in total. The van der Waals surface area contributed by atoms with E-state index in [9.17, 15) is 9.59 Å². The van der Waals surface area contributed by atoms with E-state index < -0.39 is 0 Å². The fourth-order valence-electron chi connectivity index (χ4n) is 4.20. The molecule has 1 amide bonds. The number of pyridine rings is 1. The number of likely N-dealkylation sites (tertiary alicyclic amines) is 1. The number of ether oxygens (including phenoxy) is 1. The number of fused-ring (bicyclic) bond motifs is 4. The van der Waals surface area contributed by atoms with Gasteiger partial charge in [0, 0.05) is 43.0 Å². The summed E-state index contributed by atoms with van der Waals surface area (Å²) in [7, 11) is 1.62. The van der Waals surface area contributed by atoms with Crippen molar-refractivity contribution in [3.05, 3.63) is 58.5 Å². The van der Waals surface area contributed by atoms with Crippen molar-refractivity contribution in [2.24, 2.45) is 5.92 Å². The Kier molecular flexibility index (Phi) is 4.51. The minimum atomic E-state index is -0.0133. The number of hydrogen-bond donors (Lipinski definition) is 1. The Morgan fingerprint density at radius 1 is 1.15 bits per heavy atom. The minimum Gasteiger partial charge on any atom is -0.497 e. The summed E-state index contributed by atoms with van der Waals surface area (Å²) in [6.07, 6.45) is 1.10. The van der Waals surface area contributed by atoms with Gasteiger partial charge in [-0.3, -0.25) is 14.5 Å². The molecule has 1 saturated heterocycles. The second-order valence-electron chi connectivity index (χ2n) is 7.17. The maximum Gasteiger partial charge on any atom is 0.250 e. The average molecular weight is 353 g/mol. The van der Waals surface area contributed by atoms with Crippen LogP contribution in [0.3, 0.4) is 0 Å². The van der Waals surface area contributed by atoms with E-state index in [1.54, 1.807) is 13.2 Å². The molecular formula is C20H23N3O3. The van der Waals surface area contributed by atoms with Crippen LogP contribution in [0.1, 0.15) is 18.0 Å². The summed E-state index contributed by atoms with van der Waals surface area (Å²) < 4.78 is 7.04. The number of carbonyl (C=O) groups excluding carboxylic acids is 1. The molecule has 2 atom stereocenters. The molecule has 136 valence electrons. The second kappa shape index (κ2) is 6.96. The number of rotatable bonds is 4. The highest BCUT2D eigenvalue weighted by Gasteiger charge is 2.34. The zero-order chi connectivity index (χ0) is 18.1. The largest absolute Gasteiger partial charge is 0.497 e. The molecule has 0 spiro atoms. The first-order valence-corrected chi connectivity index (χ1v) is 8.98. The Balaban J connectivity index is 1.40. The fraction of sp³-hybridized carbons (Fsp3) is 0.400. The van der Waals surface area contributed by atoms with Crippen LogP contribution in [0.2, 0.25) is 0 Å². The molecule has 4 rings (SSSR count). The maximum atomic E-state index is 12.4. The number of hydrogen-bond acceptors (Lipinski definition) is 4. The zero-order valence-corrected chi connectivity index (χ0v) is 14.9. The standard InChI is InChI=1S/C20H23N3O3/c1-26-17-7-5-16(6-8-17)21-19(24)13-22-10-14-9-15(12-22)18-3-2-4-20(25)23(18)11-14/h2-8,14-15H,9-13H2,1H3,(H,21,24). The predicted molar refractivity (Wildman–Crippen MR) is 99.6 cm³/mol. The van der Waals surface area contributed by atoms with Crippen LogP contribution in [0.5, 0.6) is 5.75 Å². The lowest BCUT2D eigenvalue weighted by Crippen LogP contribution is -2.49. The highest BCUT2D eigenvalue weighted by Crippen LogP contribution is 2.34. The van der Waals surface area contributed by atoms with E-state index in [2.05, 4.69) is 10.2 Å². The number of nitrogens with one attached hydrogen (secondary N) is 1. The molecule has 2 bridgehead atoms. The van der Waals surface area contributed by atoms with Gasteiger partial charge in [-0.05, 0) is 42.7 Å². The summed E-state index contributed by atoms with van der Waals surface area (Å²) in [5, 5.41) is 2.94. The van der Waals surface area contributed by atoms with Crippen LogP contribution >= 0.6 is 0 Å². The maximum absolute atomic E-state index is 12.4. The van der Waals surface area contributed by atoms with E-state index in [-0.39, 0.29) is 11.5 Å². The summed E-state index contributed by atoms with van der Waals surface area (Å²) in [6, 6.07) is 12.8. The van der Waals surface area contributed by atoms with Crippen molar-refractivity contribution < 1.29 is 9.53 Å². The van der Waals surface area contributed by atoms with Crippen LogP contribution in [0.15, 0.2) is 47.3 Å². The van der Waals surface area contributed by atoms with E-state index in [1.807, 2.05) is 41.0 Å². The molecule has 2 aliphatic heterocycles. The van der Waals surface area contributed by atoms with Gasteiger partial charge >= 0.3 is 0 Å². The molecule has 2 unspecified atom stereocenters. The zero-order valence-electron chi connectivity index (χ0n) is 14.9. The van der Waals surface area contributed by atoms with Crippen LogP contribution in [0.25, 0.3) is 0 Å². The van der Waals surface area contributed by atoms with Gasteiger partial charge < -0.3 is 14.6 Å². The summed E-state index contributed by atoms with van der Waals surface area (Å²) in [5.41, 5.74) is 1.96. The molecule has 1 aromatic carbocycles. The molecule has 2 aliphatic rings. The smallest absolute Gasteiger partial charge is 0.250 e. The topological polar surface area (TPSA) is 63.6 Å². The minimum absolute atomic E-state index is 0.0133. The van der Waals surface area contributed by atoms with Gasteiger partial charge in [0.05, 0.1) is 13.7 Å². The molecule has 1 N–H and O–H groups in total. The molecule has 6 heteroatoms. The van der Waals surface area contributed by atoms with Crippen LogP contribution in [0.4, 0.5) is 5.69 Å². The quantitative estimate of drug-likeness (QED) is 0.912. The van der Waals surface area contributed by atoms with E-state index in [0.29, 0.717) is 18.4 Å². The van der Waals surface area contributed by atoms with Gasteiger partial charge in [-0.2, -0.15) is 0 Å². The summed E-state index contributed by atoms with van der Waals surface area (Å²) in [6.45, 7) is 2.79. The SMILES string of the molecule is COc1ccc(NC(=O)CN2CC3CC(C2)c2cccc(=O)n2C3)cc1. The van der Waals surface area contributed by atoms with Crippen molar-refractivity contribution in [1.82, 2.24) is 9.47 Å². The van der Waals surface area contributed by atoms with Gasteiger partial charge in [0.15, 0.2) is 0 Å². The Hall–Kier alpha value is -2.60. The molecule has 0 saturated carbocycles. The van der Waals surface area contributed by atoms with Crippen molar-refractivity contribution in [2.75, 3.05) is 32.1 Å². The lowest BCUT2D eigenvalue weighted by molar-refractivity contribution is -0.117. The number of piperidine rings is 1. The lowest BCUT2D eigenvalue weighted by Gasteiger charge is -2.42. The third-order valence-corrected chi connectivity index (χ3v) is 5.30. The van der Waals surface area contributed by atoms with Crippen molar-refractivity contribution in [2.45, 2.75) is 18.9 Å². The van der Waals surface area contributed by atoms with Gasteiger partial charge in [-0.25, -0.2) is 0 Å². The molecule has 3 heterocycles. The van der Waals surface area contributed by atoms with E-state index in [4.69, 9.17) is 4.74 Å². The first kappa shape index (κ1) is 16.8. The first-order valence-electron chi connectivity index (χ1n) is 8.98. The van der Waals surface area contributed by atoms with E-state index >= 15 is 0 Å². The normalized spacial score (nSPS) is 21.7. The van der Waals surface area contributed by atoms with Gasteiger partial charge in [-0.1, -0.05) is 6.07 Å². The molecular weight excluding hydrogens is 330 g/mol. The Labute approximate surface area is 152 Å². The van der Waals surface area contributed by atoms with Crippen molar-refractivity contribution in [1.29, 1.82) is 0 Å². The highest BCUT2D eigenvalue weighted by molar-refractivity contribution is 5.92.